The number of carbonyl (C=O) groups excluding carboxylic acids is 2. The minimum absolute atomic E-state index is 0.184. The fourth-order valence-electron chi connectivity index (χ4n) is 2.08. The molecule has 0 heterocycles. The SMILES string of the molecule is CNC(=O)c1cccc(NC(=O)CNc2cccc(C(F)(F)F)c2)c1. The summed E-state index contributed by atoms with van der Waals surface area (Å²) in [5.74, 6) is -0.746. The normalized spacial score (nSPS) is 10.9. The lowest BCUT2D eigenvalue weighted by molar-refractivity contribution is -0.137. The summed E-state index contributed by atoms with van der Waals surface area (Å²) in [6.45, 7) is -0.217. The molecule has 132 valence electrons. The van der Waals surface area contributed by atoms with Gasteiger partial charge in [0, 0.05) is 24.0 Å². The molecule has 0 aromatic heterocycles. The quantitative estimate of drug-likeness (QED) is 0.775. The average molecular weight is 351 g/mol. The third-order valence-corrected chi connectivity index (χ3v) is 3.28. The monoisotopic (exact) mass is 351 g/mol. The summed E-state index contributed by atoms with van der Waals surface area (Å²) in [5, 5.41) is 7.68. The van der Waals surface area contributed by atoms with Gasteiger partial charge in [0.15, 0.2) is 0 Å². The molecule has 2 aromatic rings. The molecule has 0 unspecified atom stereocenters. The van der Waals surface area contributed by atoms with Gasteiger partial charge in [0.25, 0.3) is 5.91 Å². The molecule has 0 aliphatic heterocycles. The van der Waals surface area contributed by atoms with E-state index in [1.165, 1.54) is 25.2 Å². The highest BCUT2D eigenvalue weighted by atomic mass is 19.4. The lowest BCUT2D eigenvalue weighted by atomic mass is 10.2. The maximum atomic E-state index is 12.6. The average Bonchev–Trinajstić information content (AvgIpc) is 2.59. The zero-order valence-corrected chi connectivity index (χ0v) is 13.3. The summed E-state index contributed by atoms with van der Waals surface area (Å²) in [6, 6.07) is 10.9. The van der Waals surface area contributed by atoms with Crippen LogP contribution in [0.15, 0.2) is 48.5 Å². The first-order valence-corrected chi connectivity index (χ1v) is 7.33. The Balaban J connectivity index is 1.96. The Morgan fingerprint density at radius 1 is 1.00 bits per heavy atom. The number of alkyl halides is 3. The molecule has 2 aromatic carbocycles. The van der Waals surface area contributed by atoms with Crippen molar-refractivity contribution in [2.45, 2.75) is 6.18 Å². The highest BCUT2D eigenvalue weighted by Gasteiger charge is 2.30. The van der Waals surface area contributed by atoms with Crippen LogP contribution in [0.25, 0.3) is 0 Å². The van der Waals surface area contributed by atoms with Gasteiger partial charge >= 0.3 is 6.18 Å². The zero-order chi connectivity index (χ0) is 18.4. The van der Waals surface area contributed by atoms with Crippen LogP contribution in [0.4, 0.5) is 24.5 Å². The second-order valence-electron chi connectivity index (χ2n) is 5.14. The van der Waals surface area contributed by atoms with Crippen molar-refractivity contribution >= 4 is 23.2 Å². The first-order chi connectivity index (χ1) is 11.8. The molecule has 2 rings (SSSR count). The van der Waals surface area contributed by atoms with Crippen molar-refractivity contribution < 1.29 is 22.8 Å². The van der Waals surface area contributed by atoms with E-state index in [1.54, 1.807) is 18.2 Å². The molecule has 5 nitrogen and oxygen atoms in total. The Kier molecular flexibility index (Phi) is 5.63. The van der Waals surface area contributed by atoms with Crippen molar-refractivity contribution in [2.24, 2.45) is 0 Å². The molecular weight excluding hydrogens is 335 g/mol. The smallest absolute Gasteiger partial charge is 0.376 e. The van der Waals surface area contributed by atoms with Crippen LogP contribution in [-0.2, 0) is 11.0 Å². The van der Waals surface area contributed by atoms with Gasteiger partial charge in [0.05, 0.1) is 12.1 Å². The number of benzene rings is 2. The van der Waals surface area contributed by atoms with Crippen LogP contribution < -0.4 is 16.0 Å². The topological polar surface area (TPSA) is 70.2 Å². The molecule has 3 N–H and O–H groups in total. The summed E-state index contributed by atoms with van der Waals surface area (Å²) < 4.78 is 37.9. The van der Waals surface area contributed by atoms with E-state index in [1.807, 2.05) is 0 Å². The summed E-state index contributed by atoms with van der Waals surface area (Å²) >= 11 is 0. The van der Waals surface area contributed by atoms with Crippen LogP contribution in [0.5, 0.6) is 0 Å². The second kappa shape index (κ2) is 7.69. The highest BCUT2D eigenvalue weighted by molar-refractivity contribution is 5.98. The summed E-state index contributed by atoms with van der Waals surface area (Å²) in [7, 11) is 1.49. The molecule has 0 radical (unpaired) electrons. The first kappa shape index (κ1) is 18.3. The van der Waals surface area contributed by atoms with Gasteiger partial charge in [0.2, 0.25) is 5.91 Å². The van der Waals surface area contributed by atoms with Crippen LogP contribution in [0.1, 0.15) is 15.9 Å². The highest BCUT2D eigenvalue weighted by Crippen LogP contribution is 2.30. The molecular formula is C17H16F3N3O2. The number of hydrogen-bond donors (Lipinski definition) is 3. The number of anilines is 2. The van der Waals surface area contributed by atoms with E-state index < -0.39 is 17.6 Å². The predicted octanol–water partition coefficient (Wildman–Crippen LogP) is 3.12. The van der Waals surface area contributed by atoms with E-state index in [0.717, 1.165) is 12.1 Å². The van der Waals surface area contributed by atoms with Gasteiger partial charge in [-0.15, -0.1) is 0 Å². The van der Waals surface area contributed by atoms with Crippen LogP contribution in [0, 0.1) is 0 Å². The second-order valence-corrected chi connectivity index (χ2v) is 5.14. The van der Waals surface area contributed by atoms with Crippen molar-refractivity contribution in [3.8, 4) is 0 Å². The molecule has 25 heavy (non-hydrogen) atoms. The van der Waals surface area contributed by atoms with E-state index in [0.29, 0.717) is 11.3 Å². The molecule has 0 bridgehead atoms. The molecule has 0 saturated heterocycles. The van der Waals surface area contributed by atoms with Gasteiger partial charge in [-0.3, -0.25) is 9.59 Å². The Morgan fingerprint density at radius 3 is 2.36 bits per heavy atom. The van der Waals surface area contributed by atoms with Crippen LogP contribution in [0.3, 0.4) is 0 Å². The minimum Gasteiger partial charge on any atom is -0.376 e. The minimum atomic E-state index is -4.44. The van der Waals surface area contributed by atoms with E-state index in [2.05, 4.69) is 16.0 Å². The van der Waals surface area contributed by atoms with E-state index in [-0.39, 0.29) is 18.1 Å². The van der Waals surface area contributed by atoms with Crippen LogP contribution in [-0.4, -0.2) is 25.4 Å². The maximum Gasteiger partial charge on any atom is 0.416 e. The Bertz CT molecular complexity index is 776. The zero-order valence-electron chi connectivity index (χ0n) is 13.3. The number of halogens is 3. The largest absolute Gasteiger partial charge is 0.416 e. The fourth-order valence-corrected chi connectivity index (χ4v) is 2.08. The van der Waals surface area contributed by atoms with Gasteiger partial charge < -0.3 is 16.0 Å². The van der Waals surface area contributed by atoms with Gasteiger partial charge in [-0.25, -0.2) is 0 Å². The molecule has 0 aliphatic carbocycles. The summed E-state index contributed by atoms with van der Waals surface area (Å²) in [5.41, 5.74) is 0.184. The molecule has 0 atom stereocenters. The molecule has 2 amide bonds. The standard InChI is InChI=1S/C17H16F3N3O2/c1-21-16(25)11-4-2-7-14(8-11)23-15(24)10-22-13-6-3-5-12(9-13)17(18,19)20/h2-9,22H,10H2,1H3,(H,21,25)(H,23,24). The number of carbonyl (C=O) groups is 2. The number of hydrogen-bond acceptors (Lipinski definition) is 3. The Morgan fingerprint density at radius 2 is 1.68 bits per heavy atom. The summed E-state index contributed by atoms with van der Waals surface area (Å²) in [6.07, 6.45) is -4.44. The van der Waals surface area contributed by atoms with Crippen molar-refractivity contribution in [2.75, 3.05) is 24.2 Å². The van der Waals surface area contributed by atoms with E-state index in [9.17, 15) is 22.8 Å². The fraction of sp³-hybridized carbons (Fsp3) is 0.176. The number of amides is 2. The van der Waals surface area contributed by atoms with Crippen LogP contribution >= 0.6 is 0 Å². The van der Waals surface area contributed by atoms with Crippen molar-refractivity contribution in [1.82, 2.24) is 5.32 Å². The van der Waals surface area contributed by atoms with Crippen LogP contribution in [0.2, 0.25) is 0 Å². The van der Waals surface area contributed by atoms with Gasteiger partial charge in [-0.05, 0) is 36.4 Å². The molecule has 0 aliphatic rings. The molecule has 0 saturated carbocycles. The van der Waals surface area contributed by atoms with Gasteiger partial charge in [-0.2, -0.15) is 13.2 Å². The van der Waals surface area contributed by atoms with Crippen molar-refractivity contribution in [3.05, 3.63) is 59.7 Å². The Labute approximate surface area is 142 Å². The lowest BCUT2D eigenvalue weighted by Crippen LogP contribution is -2.22. The van der Waals surface area contributed by atoms with Crippen molar-refractivity contribution in [1.29, 1.82) is 0 Å². The molecule has 8 heteroatoms. The third kappa shape index (κ3) is 5.23. The van der Waals surface area contributed by atoms with Gasteiger partial charge in [-0.1, -0.05) is 12.1 Å². The van der Waals surface area contributed by atoms with E-state index in [4.69, 9.17) is 0 Å². The predicted molar refractivity (Wildman–Crippen MR) is 88.4 cm³/mol. The first-order valence-electron chi connectivity index (χ1n) is 7.33. The number of nitrogens with one attached hydrogen (secondary N) is 3. The van der Waals surface area contributed by atoms with Gasteiger partial charge in [0.1, 0.15) is 0 Å². The Hall–Kier alpha value is -3.03. The molecule has 0 spiro atoms. The summed E-state index contributed by atoms with van der Waals surface area (Å²) in [4.78, 5) is 23.5. The van der Waals surface area contributed by atoms with E-state index >= 15 is 0 Å². The maximum absolute atomic E-state index is 12.6. The lowest BCUT2D eigenvalue weighted by Gasteiger charge is -2.11. The molecule has 0 fully saturated rings. The third-order valence-electron chi connectivity index (χ3n) is 3.28. The number of rotatable bonds is 5. The van der Waals surface area contributed by atoms with Crippen molar-refractivity contribution in [3.63, 3.8) is 0 Å².